The van der Waals surface area contributed by atoms with Gasteiger partial charge >= 0.3 is 37.7 Å². The van der Waals surface area contributed by atoms with Crippen LogP contribution in [0.5, 0.6) is 0 Å². The van der Waals surface area contributed by atoms with Crippen molar-refractivity contribution in [2.75, 3.05) is 0 Å². The van der Waals surface area contributed by atoms with Crippen molar-refractivity contribution in [2.45, 2.75) is 0 Å². The summed E-state index contributed by atoms with van der Waals surface area (Å²) >= 11 is 0. The summed E-state index contributed by atoms with van der Waals surface area (Å²) in [5.74, 6) is 0. The van der Waals surface area contributed by atoms with Crippen molar-refractivity contribution in [2.24, 2.45) is 0 Å². The van der Waals surface area contributed by atoms with Crippen molar-refractivity contribution >= 4 is 23.1 Å². The summed E-state index contributed by atoms with van der Waals surface area (Å²) in [6.45, 7) is 7.29. The number of rotatable bonds is 3. The van der Waals surface area contributed by atoms with Crippen LogP contribution in [0.2, 0.25) is 0 Å². The number of allylic oxidation sites excluding steroid dienone is 3. The van der Waals surface area contributed by atoms with Crippen LogP contribution in [0.25, 0.3) is 10.9 Å². The van der Waals surface area contributed by atoms with E-state index >= 15 is 0 Å². The zero-order valence-electron chi connectivity index (χ0n) is 16.7. The van der Waals surface area contributed by atoms with Crippen molar-refractivity contribution in [3.63, 3.8) is 0 Å². The SMILES string of the molecule is [CH2-]P1([CH2-])=C(c2ccccc2)C=C(c2ccccc2)C=C1c1ccccc1.[Li+].[Li+]. The monoisotopic (exact) mass is 366 g/mol. The standard InChI is InChI=1S/C25H21P.2Li/c1-26(2)24(21-14-8-4-9-15-21)18-23(20-12-6-3-7-13-20)19-25(26)22-16-10-5-11-17-22;;/h3-19H,1-2H2;;/q-2;2*+1. The number of benzene rings is 3. The molecule has 3 heteroatoms. The molecule has 0 spiro atoms. The molecule has 1 heterocycles. The maximum absolute atomic E-state index is 4.62. The second-order valence-electron chi connectivity index (χ2n) is 6.58. The quantitative estimate of drug-likeness (QED) is 0.368. The maximum Gasteiger partial charge on any atom is 1.00 e. The van der Waals surface area contributed by atoms with Crippen LogP contribution in [0.3, 0.4) is 0 Å². The normalized spacial score (nSPS) is 14.9. The van der Waals surface area contributed by atoms with Gasteiger partial charge in [-0.25, -0.2) is 0 Å². The first-order chi connectivity index (χ1) is 12.7. The minimum atomic E-state index is -1.96. The molecule has 0 N–H and O–H groups in total. The largest absolute Gasteiger partial charge is 1.00 e. The van der Waals surface area contributed by atoms with E-state index in [0.717, 1.165) is 0 Å². The van der Waals surface area contributed by atoms with E-state index in [4.69, 9.17) is 0 Å². The molecule has 1 aliphatic heterocycles. The third kappa shape index (κ3) is 4.61. The topological polar surface area (TPSA) is 0 Å². The van der Waals surface area contributed by atoms with E-state index in [-0.39, 0.29) is 37.7 Å². The zero-order chi connectivity index (χ0) is 18.0. The fraction of sp³-hybridized carbons (Fsp3) is 0. The molecule has 3 aromatic carbocycles. The average Bonchev–Trinajstić information content (AvgIpc) is 2.69. The Morgan fingerprint density at radius 2 is 0.929 bits per heavy atom. The van der Waals surface area contributed by atoms with Gasteiger partial charge in [-0.15, -0.1) is 0 Å². The Morgan fingerprint density at radius 3 is 1.43 bits per heavy atom. The van der Waals surface area contributed by atoms with Gasteiger partial charge in [0, 0.05) is 0 Å². The molecular formula is C25H21Li2P. The second kappa shape index (κ2) is 9.90. The Bertz CT molecular complexity index is 1020. The molecule has 0 nitrogen and oxygen atoms in total. The van der Waals surface area contributed by atoms with Crippen molar-refractivity contribution in [1.29, 1.82) is 0 Å². The fourth-order valence-corrected chi connectivity index (χ4v) is 5.71. The van der Waals surface area contributed by atoms with Crippen LogP contribution >= 0.6 is 6.89 Å². The van der Waals surface area contributed by atoms with Gasteiger partial charge in [0.2, 0.25) is 0 Å². The average molecular weight is 366 g/mol. The Morgan fingerprint density at radius 1 is 0.500 bits per heavy atom. The summed E-state index contributed by atoms with van der Waals surface area (Å²) < 4.78 is 0. The van der Waals surface area contributed by atoms with E-state index in [1.54, 1.807) is 0 Å². The van der Waals surface area contributed by atoms with E-state index in [9.17, 15) is 0 Å². The molecule has 0 aliphatic carbocycles. The molecular weight excluding hydrogens is 345 g/mol. The third-order valence-electron chi connectivity index (χ3n) is 4.75. The Labute approximate surface area is 193 Å². The van der Waals surface area contributed by atoms with Crippen LogP contribution in [0.4, 0.5) is 0 Å². The first-order valence-electron chi connectivity index (χ1n) is 8.72. The molecule has 1 aliphatic rings. The summed E-state index contributed by atoms with van der Waals surface area (Å²) in [5.41, 5.74) is 4.85. The minimum absolute atomic E-state index is 0. The predicted octanol–water partition coefficient (Wildman–Crippen LogP) is 0.954. The Hall–Kier alpha value is -1.37. The van der Waals surface area contributed by atoms with Gasteiger partial charge in [-0.2, -0.15) is 0 Å². The molecule has 0 fully saturated rings. The van der Waals surface area contributed by atoms with Crippen molar-refractivity contribution < 1.29 is 37.7 Å². The molecule has 0 saturated carbocycles. The van der Waals surface area contributed by atoms with Crippen LogP contribution in [-0.4, -0.2) is 5.29 Å². The van der Waals surface area contributed by atoms with Crippen molar-refractivity contribution in [1.82, 2.24) is 0 Å². The van der Waals surface area contributed by atoms with Crippen LogP contribution in [0, 0.1) is 13.3 Å². The van der Waals surface area contributed by atoms with Crippen molar-refractivity contribution in [3.05, 3.63) is 133 Å². The molecule has 0 atom stereocenters. The third-order valence-corrected chi connectivity index (χ3v) is 7.37. The molecule has 28 heavy (non-hydrogen) atoms. The van der Waals surface area contributed by atoms with Gasteiger partial charge in [-0.1, -0.05) is 114 Å². The van der Waals surface area contributed by atoms with Crippen LogP contribution in [0.15, 0.2) is 103 Å². The van der Waals surface area contributed by atoms with E-state index < -0.39 is 6.89 Å². The van der Waals surface area contributed by atoms with E-state index in [0.29, 0.717) is 0 Å². The molecule has 0 amide bonds. The number of hydrogen-bond donors (Lipinski definition) is 0. The molecule has 0 saturated heterocycles. The van der Waals surface area contributed by atoms with Crippen molar-refractivity contribution in [3.8, 4) is 0 Å². The summed E-state index contributed by atoms with van der Waals surface area (Å²) in [6, 6.07) is 31.6. The zero-order valence-corrected chi connectivity index (χ0v) is 17.6. The van der Waals surface area contributed by atoms with E-state index in [1.165, 1.54) is 32.9 Å². The molecule has 0 radical (unpaired) electrons. The van der Waals surface area contributed by atoms with Crippen LogP contribution in [0.1, 0.15) is 16.7 Å². The van der Waals surface area contributed by atoms with Gasteiger partial charge in [0.05, 0.1) is 0 Å². The van der Waals surface area contributed by atoms with E-state index in [2.05, 4.69) is 116 Å². The molecule has 3 aromatic rings. The van der Waals surface area contributed by atoms with E-state index in [1.807, 2.05) is 0 Å². The first-order valence-corrected chi connectivity index (χ1v) is 10.9. The molecule has 0 bridgehead atoms. The summed E-state index contributed by atoms with van der Waals surface area (Å²) in [7, 11) is 0. The summed E-state index contributed by atoms with van der Waals surface area (Å²) in [5, 5.41) is 2.50. The molecule has 4 rings (SSSR count). The van der Waals surface area contributed by atoms with Gasteiger partial charge < -0.3 is 20.2 Å². The predicted molar refractivity (Wildman–Crippen MR) is 117 cm³/mol. The van der Waals surface area contributed by atoms with Gasteiger partial charge in [-0.05, 0) is 22.3 Å². The Balaban J connectivity index is 0.00000140. The summed E-state index contributed by atoms with van der Waals surface area (Å²) in [6.07, 6.45) is 4.57. The minimum Gasteiger partial charge on any atom is -0.345 e. The Kier molecular flexibility index (Phi) is 8.11. The van der Waals surface area contributed by atoms with Crippen LogP contribution < -0.4 is 37.7 Å². The van der Waals surface area contributed by atoms with Gasteiger partial charge in [0.1, 0.15) is 0 Å². The second-order valence-corrected chi connectivity index (χ2v) is 9.48. The maximum atomic E-state index is 4.62. The van der Waals surface area contributed by atoms with Crippen LogP contribution in [-0.2, 0) is 0 Å². The smallest absolute Gasteiger partial charge is 0.345 e. The molecule has 128 valence electrons. The molecule has 0 aromatic heterocycles. The fourth-order valence-electron chi connectivity index (χ4n) is 3.39. The van der Waals surface area contributed by atoms with Gasteiger partial charge in [-0.3, -0.25) is 0 Å². The first kappa shape index (κ1) is 22.9. The number of hydrogen-bond acceptors (Lipinski definition) is 0. The van der Waals surface area contributed by atoms with Gasteiger partial charge in [0.25, 0.3) is 0 Å². The van der Waals surface area contributed by atoms with Gasteiger partial charge in [0.15, 0.2) is 0 Å². The molecule has 0 unspecified atom stereocenters. The summed E-state index contributed by atoms with van der Waals surface area (Å²) in [4.78, 5) is 0.